The molecule has 0 aliphatic rings. The first-order valence-electron chi connectivity index (χ1n) is 9.48. The zero-order chi connectivity index (χ0) is 22.1. The normalized spacial score (nSPS) is 11.5. The van der Waals surface area contributed by atoms with E-state index in [1.807, 2.05) is 38.1 Å². The lowest BCUT2D eigenvalue weighted by atomic mass is 10.2. The topological polar surface area (TPSA) is 70.6 Å². The standard InChI is InChI=1S/C21H24ClN3O3S2.ClH/c1-5-30(27,28)17-8-6-15(7-9-17)20(26)25(11-10-24(3)4)21-23-19-14(2)12-16(22)13-18(19)29-21;/h6-9,12-13H,5,10-11H2,1-4H3;1H. The second kappa shape index (κ2) is 10.3. The summed E-state index contributed by atoms with van der Waals surface area (Å²) in [5.41, 5.74) is 2.19. The van der Waals surface area contributed by atoms with Crippen LogP contribution in [0.3, 0.4) is 0 Å². The smallest absolute Gasteiger partial charge is 0.260 e. The first kappa shape index (κ1) is 25.5. The van der Waals surface area contributed by atoms with Crippen LogP contribution in [0.4, 0.5) is 5.13 Å². The molecule has 0 atom stereocenters. The molecule has 6 nitrogen and oxygen atoms in total. The van der Waals surface area contributed by atoms with E-state index in [2.05, 4.69) is 0 Å². The maximum absolute atomic E-state index is 13.3. The molecule has 0 N–H and O–H groups in total. The molecule has 0 spiro atoms. The van der Waals surface area contributed by atoms with Crippen LogP contribution in [0, 0.1) is 6.92 Å². The number of anilines is 1. The highest BCUT2D eigenvalue weighted by Gasteiger charge is 2.23. The number of fused-ring (bicyclic) bond motifs is 1. The number of rotatable bonds is 7. The molecule has 0 unspecified atom stereocenters. The van der Waals surface area contributed by atoms with Crippen LogP contribution in [-0.4, -0.2) is 57.1 Å². The number of hydrogen-bond donors (Lipinski definition) is 0. The van der Waals surface area contributed by atoms with E-state index in [4.69, 9.17) is 16.6 Å². The molecule has 0 aliphatic heterocycles. The Morgan fingerprint density at radius 3 is 2.35 bits per heavy atom. The fourth-order valence-electron chi connectivity index (χ4n) is 2.97. The largest absolute Gasteiger partial charge is 0.308 e. The van der Waals surface area contributed by atoms with Gasteiger partial charge in [-0.3, -0.25) is 9.69 Å². The Morgan fingerprint density at radius 2 is 1.77 bits per heavy atom. The summed E-state index contributed by atoms with van der Waals surface area (Å²) in [5.74, 6) is -0.205. The van der Waals surface area contributed by atoms with Crippen molar-refractivity contribution < 1.29 is 13.2 Å². The van der Waals surface area contributed by atoms with Crippen molar-refractivity contribution in [3.8, 4) is 0 Å². The highest BCUT2D eigenvalue weighted by Crippen LogP contribution is 2.33. The monoisotopic (exact) mass is 501 g/mol. The molecular weight excluding hydrogens is 477 g/mol. The van der Waals surface area contributed by atoms with E-state index in [9.17, 15) is 13.2 Å². The van der Waals surface area contributed by atoms with Crippen LogP contribution in [0.15, 0.2) is 41.3 Å². The number of carbonyl (C=O) groups excluding carboxylic acids is 1. The number of nitrogens with zero attached hydrogens (tertiary/aromatic N) is 3. The van der Waals surface area contributed by atoms with Gasteiger partial charge >= 0.3 is 0 Å². The summed E-state index contributed by atoms with van der Waals surface area (Å²) in [6.07, 6.45) is 0. The number of aromatic nitrogens is 1. The van der Waals surface area contributed by atoms with Gasteiger partial charge in [0.15, 0.2) is 15.0 Å². The first-order chi connectivity index (χ1) is 14.1. The van der Waals surface area contributed by atoms with Crippen molar-refractivity contribution >= 4 is 66.4 Å². The molecule has 0 fully saturated rings. The Labute approximate surface area is 198 Å². The van der Waals surface area contributed by atoms with Gasteiger partial charge in [-0.1, -0.05) is 29.9 Å². The number of thiazole rings is 1. The van der Waals surface area contributed by atoms with Crippen molar-refractivity contribution in [3.05, 3.63) is 52.5 Å². The number of aryl methyl sites for hydroxylation is 1. The van der Waals surface area contributed by atoms with Crippen LogP contribution in [-0.2, 0) is 9.84 Å². The van der Waals surface area contributed by atoms with Gasteiger partial charge in [0, 0.05) is 23.7 Å². The van der Waals surface area contributed by atoms with Gasteiger partial charge in [-0.15, -0.1) is 12.4 Å². The maximum Gasteiger partial charge on any atom is 0.260 e. The van der Waals surface area contributed by atoms with Crippen molar-refractivity contribution in [1.29, 1.82) is 0 Å². The van der Waals surface area contributed by atoms with Gasteiger partial charge in [0.05, 0.1) is 20.9 Å². The van der Waals surface area contributed by atoms with Gasteiger partial charge in [0.1, 0.15) is 0 Å². The SMILES string of the molecule is CCS(=O)(=O)c1ccc(C(=O)N(CCN(C)C)c2nc3c(C)cc(Cl)cc3s2)cc1.Cl. The van der Waals surface area contributed by atoms with Gasteiger partial charge in [0.2, 0.25) is 0 Å². The van der Waals surface area contributed by atoms with Crippen molar-refractivity contribution in [2.75, 3.05) is 37.8 Å². The van der Waals surface area contributed by atoms with E-state index in [1.165, 1.54) is 23.5 Å². The van der Waals surface area contributed by atoms with E-state index in [0.717, 1.165) is 15.8 Å². The molecule has 168 valence electrons. The number of carbonyl (C=O) groups is 1. The molecule has 0 bridgehead atoms. The fourth-order valence-corrected chi connectivity index (χ4v) is 5.30. The van der Waals surface area contributed by atoms with Crippen LogP contribution in [0.1, 0.15) is 22.8 Å². The summed E-state index contributed by atoms with van der Waals surface area (Å²) in [6.45, 7) is 4.65. The molecule has 3 rings (SSSR count). The quantitative estimate of drug-likeness (QED) is 0.469. The van der Waals surface area contributed by atoms with Crippen LogP contribution in [0.25, 0.3) is 10.2 Å². The van der Waals surface area contributed by atoms with Gasteiger partial charge in [-0.25, -0.2) is 13.4 Å². The summed E-state index contributed by atoms with van der Waals surface area (Å²) in [7, 11) is 0.565. The Kier molecular flexibility index (Phi) is 8.47. The summed E-state index contributed by atoms with van der Waals surface area (Å²) in [4.78, 5) is 21.9. The lowest BCUT2D eigenvalue weighted by molar-refractivity contribution is 0.0985. The van der Waals surface area contributed by atoms with Crippen molar-refractivity contribution in [2.45, 2.75) is 18.7 Å². The molecule has 0 aliphatic carbocycles. The number of hydrogen-bond acceptors (Lipinski definition) is 6. The molecule has 3 aromatic rings. The Bertz CT molecular complexity index is 1180. The molecule has 0 saturated carbocycles. The lowest BCUT2D eigenvalue weighted by Gasteiger charge is -2.22. The van der Waals surface area contributed by atoms with Gasteiger partial charge in [-0.05, 0) is 63.0 Å². The summed E-state index contributed by atoms with van der Waals surface area (Å²) in [5, 5.41) is 1.22. The van der Waals surface area contributed by atoms with Crippen molar-refractivity contribution in [1.82, 2.24) is 9.88 Å². The van der Waals surface area contributed by atoms with Crippen molar-refractivity contribution in [2.24, 2.45) is 0 Å². The summed E-state index contributed by atoms with van der Waals surface area (Å²) < 4.78 is 25.0. The highest BCUT2D eigenvalue weighted by molar-refractivity contribution is 7.91. The molecule has 2 aromatic carbocycles. The molecule has 31 heavy (non-hydrogen) atoms. The number of sulfone groups is 1. The van der Waals surface area contributed by atoms with Crippen LogP contribution < -0.4 is 4.90 Å². The number of halogens is 2. The molecule has 1 amide bonds. The zero-order valence-corrected chi connectivity index (χ0v) is 21.0. The Morgan fingerprint density at radius 1 is 1.13 bits per heavy atom. The molecule has 1 heterocycles. The molecule has 1 aromatic heterocycles. The maximum atomic E-state index is 13.3. The minimum absolute atomic E-state index is 0. The molecule has 0 saturated heterocycles. The van der Waals surface area contributed by atoms with E-state index in [1.54, 1.807) is 24.0 Å². The third-order valence-corrected chi connectivity index (χ3v) is 7.72. The number of benzene rings is 2. The number of amides is 1. The molecule has 10 heteroatoms. The zero-order valence-electron chi connectivity index (χ0n) is 17.8. The Balaban J connectivity index is 0.00000341. The molecular formula is C21H25Cl2N3O3S2. The van der Waals surface area contributed by atoms with Crippen LogP contribution in [0.2, 0.25) is 5.02 Å². The number of likely N-dealkylation sites (N-methyl/N-ethyl adjacent to an activating group) is 1. The van der Waals surface area contributed by atoms with E-state index in [0.29, 0.717) is 28.8 Å². The van der Waals surface area contributed by atoms with Crippen molar-refractivity contribution in [3.63, 3.8) is 0 Å². The van der Waals surface area contributed by atoms with Gasteiger partial charge in [0.25, 0.3) is 5.91 Å². The second-order valence-corrected chi connectivity index (χ2v) is 11.0. The van der Waals surface area contributed by atoms with E-state index in [-0.39, 0.29) is 29.0 Å². The minimum Gasteiger partial charge on any atom is -0.308 e. The third-order valence-electron chi connectivity index (χ3n) is 4.73. The second-order valence-electron chi connectivity index (χ2n) is 7.25. The predicted molar refractivity (Wildman–Crippen MR) is 131 cm³/mol. The van der Waals surface area contributed by atoms with E-state index >= 15 is 0 Å². The lowest BCUT2D eigenvalue weighted by Crippen LogP contribution is -2.36. The van der Waals surface area contributed by atoms with Crippen LogP contribution >= 0.6 is 35.3 Å². The average Bonchev–Trinajstić information content (AvgIpc) is 3.12. The summed E-state index contributed by atoms with van der Waals surface area (Å²) >= 11 is 7.59. The van der Waals surface area contributed by atoms with Gasteiger partial charge < -0.3 is 4.90 Å². The third kappa shape index (κ3) is 5.75. The summed E-state index contributed by atoms with van der Waals surface area (Å²) in [6, 6.07) is 9.79. The predicted octanol–water partition coefficient (Wildman–Crippen LogP) is 4.68. The molecule has 0 radical (unpaired) electrons. The Hall–Kier alpha value is -1.71. The first-order valence-corrected chi connectivity index (χ1v) is 12.3. The van der Waals surface area contributed by atoms with E-state index < -0.39 is 9.84 Å². The van der Waals surface area contributed by atoms with Crippen LogP contribution in [0.5, 0.6) is 0 Å². The fraction of sp³-hybridized carbons (Fsp3) is 0.333. The van der Waals surface area contributed by atoms with Gasteiger partial charge in [-0.2, -0.15) is 0 Å². The highest BCUT2D eigenvalue weighted by atomic mass is 35.5. The average molecular weight is 502 g/mol. The minimum atomic E-state index is -3.32.